The molecule has 9 heteroatoms. The third kappa shape index (κ3) is 2.90. The van der Waals surface area contributed by atoms with E-state index in [9.17, 15) is 8.42 Å². The van der Waals surface area contributed by atoms with Gasteiger partial charge in [0, 0.05) is 22.8 Å². The van der Waals surface area contributed by atoms with Crippen molar-refractivity contribution in [2.75, 3.05) is 4.72 Å². The first-order chi connectivity index (χ1) is 9.35. The van der Waals surface area contributed by atoms with E-state index in [0.29, 0.717) is 16.3 Å². The molecule has 6 nitrogen and oxygen atoms in total. The predicted octanol–water partition coefficient (Wildman–Crippen LogP) is 2.28. The number of nitrogens with one attached hydrogen (secondary N) is 2. The monoisotopic (exact) mass is 334 g/mol. The van der Waals surface area contributed by atoms with Crippen molar-refractivity contribution in [1.29, 1.82) is 0 Å². The first kappa shape index (κ1) is 15.1. The molecule has 0 aliphatic rings. The van der Waals surface area contributed by atoms with Crippen LogP contribution in [0, 0.1) is 6.92 Å². The van der Waals surface area contributed by atoms with Gasteiger partial charge in [0.2, 0.25) is 5.03 Å². The third-order valence-electron chi connectivity index (χ3n) is 2.67. The number of nitrogens with two attached hydrogens (primary N) is 1. The summed E-state index contributed by atoms with van der Waals surface area (Å²) >= 11 is 11.7. The molecule has 0 radical (unpaired) electrons. The van der Waals surface area contributed by atoms with Crippen LogP contribution in [0.4, 0.5) is 5.69 Å². The minimum atomic E-state index is -3.89. The van der Waals surface area contributed by atoms with Crippen molar-refractivity contribution in [3.8, 4) is 0 Å². The van der Waals surface area contributed by atoms with Gasteiger partial charge in [-0.15, -0.1) is 0 Å². The Morgan fingerprint density at radius 3 is 2.75 bits per heavy atom. The molecule has 0 saturated heterocycles. The third-order valence-corrected chi connectivity index (χ3v) is 4.57. The molecule has 0 spiro atoms. The van der Waals surface area contributed by atoms with E-state index in [4.69, 9.17) is 28.9 Å². The minimum absolute atomic E-state index is 0.0574. The number of hydrogen-bond acceptors (Lipinski definition) is 4. The number of nitrogens with zero attached hydrogens (tertiary/aromatic N) is 1. The van der Waals surface area contributed by atoms with Crippen molar-refractivity contribution in [2.45, 2.75) is 18.5 Å². The van der Waals surface area contributed by atoms with E-state index in [1.165, 1.54) is 12.1 Å². The van der Waals surface area contributed by atoms with Crippen molar-refractivity contribution in [1.82, 2.24) is 10.2 Å². The van der Waals surface area contributed by atoms with Crippen LogP contribution < -0.4 is 10.5 Å². The number of rotatable bonds is 4. The number of aromatic amines is 1. The fraction of sp³-hybridized carbons (Fsp3) is 0.182. The van der Waals surface area contributed by atoms with Gasteiger partial charge in [0.15, 0.2) is 0 Å². The zero-order valence-corrected chi connectivity index (χ0v) is 12.8. The van der Waals surface area contributed by atoms with Crippen LogP contribution in [0.3, 0.4) is 0 Å². The molecule has 0 bridgehead atoms. The second-order valence-corrected chi connectivity index (χ2v) is 6.51. The molecule has 0 fully saturated rings. The van der Waals surface area contributed by atoms with Gasteiger partial charge in [-0.3, -0.25) is 9.82 Å². The summed E-state index contributed by atoms with van der Waals surface area (Å²) in [6.07, 6.45) is 0. The molecule has 1 heterocycles. The lowest BCUT2D eigenvalue weighted by molar-refractivity contribution is 0.596. The van der Waals surface area contributed by atoms with E-state index >= 15 is 0 Å². The Bertz CT molecular complexity index is 743. The molecule has 0 aliphatic heterocycles. The van der Waals surface area contributed by atoms with Gasteiger partial charge < -0.3 is 5.73 Å². The smallest absolute Gasteiger partial charge is 0.281 e. The number of sulfonamides is 1. The number of aryl methyl sites for hydroxylation is 1. The highest BCUT2D eigenvalue weighted by molar-refractivity contribution is 7.92. The molecule has 0 saturated carbocycles. The molecule has 0 aliphatic carbocycles. The normalized spacial score (nSPS) is 11.6. The predicted molar refractivity (Wildman–Crippen MR) is 78.5 cm³/mol. The second kappa shape index (κ2) is 5.61. The fourth-order valence-corrected chi connectivity index (χ4v) is 3.34. The van der Waals surface area contributed by atoms with Crippen molar-refractivity contribution in [3.05, 3.63) is 39.5 Å². The van der Waals surface area contributed by atoms with Gasteiger partial charge in [-0.1, -0.05) is 23.2 Å². The molecular formula is C11H12Cl2N4O2S. The number of halogens is 2. The Morgan fingerprint density at radius 1 is 1.40 bits per heavy atom. The molecule has 108 valence electrons. The summed E-state index contributed by atoms with van der Waals surface area (Å²) in [6, 6.07) is 4.48. The number of hydrogen-bond donors (Lipinski definition) is 3. The van der Waals surface area contributed by atoms with Gasteiger partial charge in [-0.05, 0) is 25.1 Å². The number of aromatic nitrogens is 2. The average molecular weight is 335 g/mol. The lowest BCUT2D eigenvalue weighted by Gasteiger charge is -2.09. The molecule has 4 N–H and O–H groups in total. The summed E-state index contributed by atoms with van der Waals surface area (Å²) in [5.41, 5.74) is 6.75. The zero-order chi connectivity index (χ0) is 14.9. The molecule has 20 heavy (non-hydrogen) atoms. The van der Waals surface area contributed by atoms with Gasteiger partial charge in [0.1, 0.15) is 0 Å². The maximum Gasteiger partial charge on any atom is 0.281 e. The number of H-pyrrole nitrogens is 1. The van der Waals surface area contributed by atoms with Gasteiger partial charge in [-0.2, -0.15) is 13.5 Å². The molecule has 0 amide bonds. The van der Waals surface area contributed by atoms with Crippen molar-refractivity contribution in [2.24, 2.45) is 5.73 Å². The average Bonchev–Trinajstić information content (AvgIpc) is 2.75. The van der Waals surface area contributed by atoms with E-state index in [-0.39, 0.29) is 22.3 Å². The summed E-state index contributed by atoms with van der Waals surface area (Å²) in [4.78, 5) is 0. The van der Waals surface area contributed by atoms with Gasteiger partial charge in [0.25, 0.3) is 10.0 Å². The highest BCUT2D eigenvalue weighted by Crippen LogP contribution is 2.28. The topological polar surface area (TPSA) is 101 Å². The van der Waals surface area contributed by atoms with E-state index in [1.54, 1.807) is 13.0 Å². The van der Waals surface area contributed by atoms with Gasteiger partial charge in [-0.25, -0.2) is 0 Å². The van der Waals surface area contributed by atoms with Gasteiger partial charge >= 0.3 is 0 Å². The van der Waals surface area contributed by atoms with Crippen molar-refractivity contribution >= 4 is 38.9 Å². The quantitative estimate of drug-likeness (QED) is 0.798. The van der Waals surface area contributed by atoms with E-state index in [1.807, 2.05) is 0 Å². The Hall–Kier alpha value is -1.28. The molecule has 0 unspecified atom stereocenters. The van der Waals surface area contributed by atoms with Crippen LogP contribution in [0.1, 0.15) is 11.3 Å². The highest BCUT2D eigenvalue weighted by atomic mass is 35.5. The van der Waals surface area contributed by atoms with Crippen LogP contribution in [0.25, 0.3) is 0 Å². The van der Waals surface area contributed by atoms with E-state index in [0.717, 1.165) is 0 Å². The van der Waals surface area contributed by atoms with Crippen LogP contribution in [0.15, 0.2) is 23.2 Å². The summed E-state index contributed by atoms with van der Waals surface area (Å²) < 4.78 is 27.0. The van der Waals surface area contributed by atoms with Crippen LogP contribution >= 0.6 is 23.2 Å². The standard InChI is InChI=1S/C11H12Cl2N4O2S/c1-6-8(5-14)11(16-15-6)20(18,19)17-10-4-7(12)2-3-9(10)13/h2-4,17H,5,14H2,1H3,(H,15,16). The van der Waals surface area contributed by atoms with Gasteiger partial charge in [0.05, 0.1) is 10.7 Å². The Kier molecular flexibility index (Phi) is 4.24. The maximum atomic E-state index is 12.3. The van der Waals surface area contributed by atoms with Crippen LogP contribution in [-0.4, -0.2) is 18.6 Å². The largest absolute Gasteiger partial charge is 0.326 e. The zero-order valence-electron chi connectivity index (χ0n) is 10.4. The van der Waals surface area contributed by atoms with E-state index in [2.05, 4.69) is 14.9 Å². The lowest BCUT2D eigenvalue weighted by atomic mass is 10.3. The molecule has 2 rings (SSSR count). The molecule has 0 atom stereocenters. The SMILES string of the molecule is Cc1[nH]nc(S(=O)(=O)Nc2cc(Cl)ccc2Cl)c1CN. The lowest BCUT2D eigenvalue weighted by Crippen LogP contribution is -2.16. The Balaban J connectivity index is 2.43. The maximum absolute atomic E-state index is 12.3. The Labute approximate surface area is 126 Å². The second-order valence-electron chi connectivity index (χ2n) is 4.07. The number of benzene rings is 1. The fourth-order valence-electron chi connectivity index (χ4n) is 1.66. The number of anilines is 1. The first-order valence-corrected chi connectivity index (χ1v) is 7.81. The van der Waals surface area contributed by atoms with Crippen LogP contribution in [0.5, 0.6) is 0 Å². The highest BCUT2D eigenvalue weighted by Gasteiger charge is 2.24. The summed E-state index contributed by atoms with van der Waals surface area (Å²) in [5.74, 6) is 0. The van der Waals surface area contributed by atoms with Crippen molar-refractivity contribution < 1.29 is 8.42 Å². The molecule has 2 aromatic rings. The minimum Gasteiger partial charge on any atom is -0.326 e. The van der Waals surface area contributed by atoms with Crippen LogP contribution in [-0.2, 0) is 16.6 Å². The molecular weight excluding hydrogens is 323 g/mol. The van der Waals surface area contributed by atoms with Crippen LogP contribution in [0.2, 0.25) is 10.0 Å². The molecule has 1 aromatic carbocycles. The molecule has 1 aromatic heterocycles. The Morgan fingerprint density at radius 2 is 2.10 bits per heavy atom. The van der Waals surface area contributed by atoms with Crippen molar-refractivity contribution in [3.63, 3.8) is 0 Å². The van der Waals surface area contributed by atoms with E-state index < -0.39 is 10.0 Å². The summed E-state index contributed by atoms with van der Waals surface area (Å²) in [6.45, 7) is 1.75. The summed E-state index contributed by atoms with van der Waals surface area (Å²) in [7, 11) is -3.89. The summed E-state index contributed by atoms with van der Waals surface area (Å²) in [5, 5.41) is 6.83. The first-order valence-electron chi connectivity index (χ1n) is 5.57.